The van der Waals surface area contributed by atoms with E-state index in [1.54, 1.807) is 0 Å². The van der Waals surface area contributed by atoms with Gasteiger partial charge in [-0.3, -0.25) is 0 Å². The maximum atomic E-state index is 10.6. The third kappa shape index (κ3) is 1.71. The highest BCUT2D eigenvalue weighted by molar-refractivity contribution is 5.19. The largest absolute Gasteiger partial charge is 0.393 e. The molecule has 20 heavy (non-hydrogen) atoms. The normalized spacial score (nSPS) is 50.9. The average molecular weight is 274 g/mol. The smallest absolute Gasteiger partial charge is 0.0599 e. The van der Waals surface area contributed by atoms with E-state index in [0.717, 1.165) is 30.1 Å². The molecule has 0 unspecified atom stereocenters. The standard InChI is InChI=1S/C19H30O/c1-2-19-12-11-15-14-6-4-3-5-13(14)7-8-16(15)17(19)9-10-18(19)20/h7,14-18,20H,2-6,8-12H2,1H3/t14-,15+,16+,17-,18-,19-/m0/s1. The Morgan fingerprint density at radius 1 is 1.15 bits per heavy atom. The number of aliphatic hydroxyl groups is 1. The van der Waals surface area contributed by atoms with Crippen molar-refractivity contribution in [2.45, 2.75) is 77.2 Å². The van der Waals surface area contributed by atoms with E-state index < -0.39 is 0 Å². The van der Waals surface area contributed by atoms with E-state index in [-0.39, 0.29) is 6.10 Å². The number of fused-ring (bicyclic) bond motifs is 5. The van der Waals surface area contributed by atoms with Crippen LogP contribution in [0.25, 0.3) is 0 Å². The molecule has 0 spiro atoms. The van der Waals surface area contributed by atoms with Gasteiger partial charge in [-0.2, -0.15) is 0 Å². The van der Waals surface area contributed by atoms with Gasteiger partial charge in [0.05, 0.1) is 6.10 Å². The van der Waals surface area contributed by atoms with E-state index in [9.17, 15) is 5.11 Å². The minimum Gasteiger partial charge on any atom is -0.393 e. The molecule has 1 N–H and O–H groups in total. The van der Waals surface area contributed by atoms with Crippen LogP contribution in [0.15, 0.2) is 11.6 Å². The number of hydrogen-bond donors (Lipinski definition) is 1. The third-order valence-corrected chi connectivity index (χ3v) is 7.70. The molecule has 4 aliphatic carbocycles. The van der Waals surface area contributed by atoms with Crippen molar-refractivity contribution < 1.29 is 5.11 Å². The molecule has 0 radical (unpaired) electrons. The van der Waals surface area contributed by atoms with Crippen LogP contribution in [0.1, 0.15) is 71.1 Å². The fourth-order valence-corrected chi connectivity index (χ4v) is 6.71. The van der Waals surface area contributed by atoms with Gasteiger partial charge in [-0.15, -0.1) is 0 Å². The molecular weight excluding hydrogens is 244 g/mol. The van der Waals surface area contributed by atoms with E-state index in [1.807, 2.05) is 5.57 Å². The summed E-state index contributed by atoms with van der Waals surface area (Å²) in [5.41, 5.74) is 2.11. The molecule has 112 valence electrons. The lowest BCUT2D eigenvalue weighted by molar-refractivity contribution is -0.0616. The lowest BCUT2D eigenvalue weighted by Gasteiger charge is -2.53. The molecule has 3 saturated carbocycles. The molecule has 4 rings (SSSR count). The monoisotopic (exact) mass is 274 g/mol. The van der Waals surface area contributed by atoms with Gasteiger partial charge in [-0.25, -0.2) is 0 Å². The van der Waals surface area contributed by atoms with E-state index in [2.05, 4.69) is 13.0 Å². The zero-order valence-corrected chi connectivity index (χ0v) is 13.0. The number of aliphatic hydroxyl groups excluding tert-OH is 1. The van der Waals surface area contributed by atoms with Gasteiger partial charge in [0.25, 0.3) is 0 Å². The lowest BCUT2D eigenvalue weighted by Crippen LogP contribution is -2.48. The molecule has 1 nitrogen and oxygen atoms in total. The van der Waals surface area contributed by atoms with Gasteiger partial charge in [0, 0.05) is 0 Å². The summed E-state index contributed by atoms with van der Waals surface area (Å²) >= 11 is 0. The summed E-state index contributed by atoms with van der Waals surface area (Å²) in [5.74, 6) is 3.61. The highest BCUT2D eigenvalue weighted by atomic mass is 16.3. The molecule has 0 aromatic rings. The van der Waals surface area contributed by atoms with E-state index >= 15 is 0 Å². The minimum atomic E-state index is -0.00446. The van der Waals surface area contributed by atoms with Crippen LogP contribution in [0.5, 0.6) is 0 Å². The van der Waals surface area contributed by atoms with Crippen LogP contribution in [0.3, 0.4) is 0 Å². The Morgan fingerprint density at radius 2 is 2.05 bits per heavy atom. The number of hydrogen-bond acceptors (Lipinski definition) is 1. The SMILES string of the molecule is CC[C@]12CC[C@H]3[C@@H](CC=C4CCCC[C@@H]43)[C@@H]1CC[C@@H]2O. The Kier molecular flexibility index (Phi) is 3.25. The Morgan fingerprint density at radius 3 is 2.90 bits per heavy atom. The predicted octanol–water partition coefficient (Wildman–Crippen LogP) is 4.70. The second kappa shape index (κ2) is 4.87. The summed E-state index contributed by atoms with van der Waals surface area (Å²) in [6.07, 6.45) is 16.0. The van der Waals surface area contributed by atoms with Crippen molar-refractivity contribution >= 4 is 0 Å². The van der Waals surface area contributed by atoms with Gasteiger partial charge in [0.2, 0.25) is 0 Å². The van der Waals surface area contributed by atoms with E-state index in [0.29, 0.717) is 5.41 Å². The quantitative estimate of drug-likeness (QED) is 0.687. The van der Waals surface area contributed by atoms with Gasteiger partial charge >= 0.3 is 0 Å². The van der Waals surface area contributed by atoms with Crippen molar-refractivity contribution in [3.8, 4) is 0 Å². The molecule has 0 heterocycles. The third-order valence-electron chi connectivity index (χ3n) is 7.70. The zero-order chi connectivity index (χ0) is 13.7. The Balaban J connectivity index is 1.65. The molecular formula is C19H30O. The maximum absolute atomic E-state index is 10.6. The van der Waals surface area contributed by atoms with Gasteiger partial charge in [0.1, 0.15) is 0 Å². The van der Waals surface area contributed by atoms with Gasteiger partial charge in [-0.05, 0) is 86.9 Å². The van der Waals surface area contributed by atoms with Crippen LogP contribution in [0.2, 0.25) is 0 Å². The lowest BCUT2D eigenvalue weighted by atomic mass is 9.52. The van der Waals surface area contributed by atoms with Gasteiger partial charge in [0.15, 0.2) is 0 Å². The van der Waals surface area contributed by atoms with Crippen LogP contribution in [0, 0.1) is 29.1 Å². The van der Waals surface area contributed by atoms with Crippen molar-refractivity contribution in [1.29, 1.82) is 0 Å². The van der Waals surface area contributed by atoms with Crippen LogP contribution in [0.4, 0.5) is 0 Å². The second-order valence-electron chi connectivity index (χ2n) is 8.02. The topological polar surface area (TPSA) is 20.2 Å². The first-order valence-electron chi connectivity index (χ1n) is 9.13. The average Bonchev–Trinajstić information content (AvgIpc) is 2.85. The first-order valence-corrected chi connectivity index (χ1v) is 9.13. The van der Waals surface area contributed by atoms with Gasteiger partial charge < -0.3 is 5.11 Å². The van der Waals surface area contributed by atoms with Crippen LogP contribution >= 0.6 is 0 Å². The first-order chi connectivity index (χ1) is 9.76. The minimum absolute atomic E-state index is 0.00446. The molecule has 0 saturated heterocycles. The fourth-order valence-electron chi connectivity index (χ4n) is 6.71. The molecule has 0 aromatic carbocycles. The molecule has 4 aliphatic rings. The Bertz CT molecular complexity index is 412. The summed E-state index contributed by atoms with van der Waals surface area (Å²) in [6.45, 7) is 2.33. The maximum Gasteiger partial charge on any atom is 0.0599 e. The molecule has 0 aromatic heterocycles. The summed E-state index contributed by atoms with van der Waals surface area (Å²) in [4.78, 5) is 0. The first kappa shape index (κ1) is 13.4. The molecule has 0 aliphatic heterocycles. The van der Waals surface area contributed by atoms with Crippen LogP contribution < -0.4 is 0 Å². The highest BCUT2D eigenvalue weighted by Crippen LogP contribution is 2.62. The highest BCUT2D eigenvalue weighted by Gasteiger charge is 2.56. The van der Waals surface area contributed by atoms with Gasteiger partial charge in [-0.1, -0.05) is 25.0 Å². The van der Waals surface area contributed by atoms with Crippen LogP contribution in [-0.4, -0.2) is 11.2 Å². The molecule has 0 bridgehead atoms. The number of allylic oxidation sites excluding steroid dienone is 2. The summed E-state index contributed by atoms with van der Waals surface area (Å²) in [7, 11) is 0. The molecule has 1 heteroatoms. The van der Waals surface area contributed by atoms with Crippen molar-refractivity contribution in [2.75, 3.05) is 0 Å². The Labute approximate surface area is 123 Å². The molecule has 0 amide bonds. The predicted molar refractivity (Wildman–Crippen MR) is 82.3 cm³/mol. The summed E-state index contributed by atoms with van der Waals surface area (Å²) in [5, 5.41) is 10.6. The summed E-state index contributed by atoms with van der Waals surface area (Å²) in [6, 6.07) is 0. The molecule has 3 fully saturated rings. The Hall–Kier alpha value is -0.300. The van der Waals surface area contributed by atoms with Crippen molar-refractivity contribution in [3.63, 3.8) is 0 Å². The molecule has 6 atom stereocenters. The van der Waals surface area contributed by atoms with Crippen molar-refractivity contribution in [1.82, 2.24) is 0 Å². The van der Waals surface area contributed by atoms with E-state index in [4.69, 9.17) is 0 Å². The number of rotatable bonds is 1. The van der Waals surface area contributed by atoms with Crippen LogP contribution in [-0.2, 0) is 0 Å². The van der Waals surface area contributed by atoms with E-state index in [1.165, 1.54) is 57.8 Å². The van der Waals surface area contributed by atoms with Crippen molar-refractivity contribution in [3.05, 3.63) is 11.6 Å². The second-order valence-corrected chi connectivity index (χ2v) is 8.02. The summed E-state index contributed by atoms with van der Waals surface area (Å²) < 4.78 is 0. The fraction of sp³-hybridized carbons (Fsp3) is 0.895. The van der Waals surface area contributed by atoms with Crippen molar-refractivity contribution in [2.24, 2.45) is 29.1 Å². The zero-order valence-electron chi connectivity index (χ0n) is 13.0.